The second-order valence-electron chi connectivity index (χ2n) is 3.97. The molecule has 0 saturated carbocycles. The minimum Gasteiger partial charge on any atom is -0.481 e. The SMILES string of the molecule is Cc1ccc(C(F)F)c(C(N)CCC(=O)O)c1. The van der Waals surface area contributed by atoms with E-state index >= 15 is 0 Å². The van der Waals surface area contributed by atoms with Crippen LogP contribution in [-0.4, -0.2) is 11.1 Å². The van der Waals surface area contributed by atoms with Gasteiger partial charge in [-0.05, 0) is 18.9 Å². The van der Waals surface area contributed by atoms with Gasteiger partial charge in [0.1, 0.15) is 0 Å². The molecule has 0 aromatic heterocycles. The summed E-state index contributed by atoms with van der Waals surface area (Å²) in [4.78, 5) is 10.4. The van der Waals surface area contributed by atoms with Gasteiger partial charge < -0.3 is 10.8 Å². The van der Waals surface area contributed by atoms with E-state index in [4.69, 9.17) is 10.8 Å². The Kier molecular flexibility index (Phi) is 4.57. The van der Waals surface area contributed by atoms with Crippen LogP contribution >= 0.6 is 0 Å². The molecule has 0 radical (unpaired) electrons. The summed E-state index contributed by atoms with van der Waals surface area (Å²) < 4.78 is 25.5. The van der Waals surface area contributed by atoms with Gasteiger partial charge in [-0.1, -0.05) is 23.8 Å². The van der Waals surface area contributed by atoms with Crippen LogP contribution in [0.3, 0.4) is 0 Å². The molecule has 1 atom stereocenters. The number of aryl methyl sites for hydroxylation is 1. The summed E-state index contributed by atoms with van der Waals surface area (Å²) in [5, 5.41) is 8.54. The maximum Gasteiger partial charge on any atom is 0.303 e. The Morgan fingerprint density at radius 2 is 2.06 bits per heavy atom. The number of carboxylic acids is 1. The minimum absolute atomic E-state index is 0.117. The third-order valence-corrected chi connectivity index (χ3v) is 2.55. The van der Waals surface area contributed by atoms with Gasteiger partial charge >= 0.3 is 5.97 Å². The summed E-state index contributed by atoms with van der Waals surface area (Å²) in [6, 6.07) is 3.86. The fourth-order valence-electron chi connectivity index (χ4n) is 1.65. The van der Waals surface area contributed by atoms with Crippen LogP contribution in [0.1, 0.15) is 42.0 Å². The van der Waals surface area contributed by atoms with Gasteiger partial charge in [-0.3, -0.25) is 4.79 Å². The molecule has 0 aliphatic heterocycles. The van der Waals surface area contributed by atoms with Gasteiger partial charge in [-0.15, -0.1) is 0 Å². The number of nitrogens with two attached hydrogens (primary N) is 1. The lowest BCUT2D eigenvalue weighted by molar-refractivity contribution is -0.137. The smallest absolute Gasteiger partial charge is 0.303 e. The number of carbonyl (C=O) groups is 1. The molecule has 3 nitrogen and oxygen atoms in total. The third kappa shape index (κ3) is 3.78. The molecule has 1 unspecified atom stereocenters. The Morgan fingerprint density at radius 1 is 1.41 bits per heavy atom. The van der Waals surface area contributed by atoms with Crippen molar-refractivity contribution < 1.29 is 18.7 Å². The van der Waals surface area contributed by atoms with E-state index in [0.29, 0.717) is 5.56 Å². The molecule has 3 N–H and O–H groups in total. The van der Waals surface area contributed by atoms with Crippen molar-refractivity contribution >= 4 is 5.97 Å². The van der Waals surface area contributed by atoms with Gasteiger partial charge in [0.15, 0.2) is 0 Å². The molecule has 0 saturated heterocycles. The number of hydrogen-bond acceptors (Lipinski definition) is 2. The number of hydrogen-bond donors (Lipinski definition) is 2. The van der Waals surface area contributed by atoms with Gasteiger partial charge in [-0.2, -0.15) is 0 Å². The molecule has 94 valence electrons. The molecule has 1 aromatic rings. The first-order chi connectivity index (χ1) is 7.91. The first-order valence-electron chi connectivity index (χ1n) is 5.27. The molecule has 0 spiro atoms. The van der Waals surface area contributed by atoms with E-state index in [1.54, 1.807) is 19.1 Å². The van der Waals surface area contributed by atoms with Gasteiger partial charge in [0, 0.05) is 18.0 Å². The van der Waals surface area contributed by atoms with Crippen LogP contribution in [-0.2, 0) is 4.79 Å². The highest BCUT2D eigenvalue weighted by molar-refractivity contribution is 5.66. The van der Waals surface area contributed by atoms with E-state index in [0.717, 1.165) is 5.56 Å². The molecule has 17 heavy (non-hydrogen) atoms. The molecular weight excluding hydrogens is 228 g/mol. The largest absolute Gasteiger partial charge is 0.481 e. The monoisotopic (exact) mass is 243 g/mol. The fourth-order valence-corrected chi connectivity index (χ4v) is 1.65. The second kappa shape index (κ2) is 5.72. The number of alkyl halides is 2. The van der Waals surface area contributed by atoms with Crippen molar-refractivity contribution in [1.29, 1.82) is 0 Å². The lowest BCUT2D eigenvalue weighted by Gasteiger charge is -2.16. The van der Waals surface area contributed by atoms with Crippen molar-refractivity contribution in [2.24, 2.45) is 5.73 Å². The Balaban J connectivity index is 2.93. The minimum atomic E-state index is -2.60. The van der Waals surface area contributed by atoms with Gasteiger partial charge in [-0.25, -0.2) is 8.78 Å². The molecular formula is C12H15F2NO2. The average molecular weight is 243 g/mol. The maximum atomic E-state index is 12.7. The standard InChI is InChI=1S/C12H15F2NO2/c1-7-2-3-8(12(13)14)9(6-7)10(15)4-5-11(16)17/h2-3,6,10,12H,4-5,15H2,1H3,(H,16,17). The molecule has 0 fully saturated rings. The molecule has 1 aromatic carbocycles. The summed E-state index contributed by atoms with van der Waals surface area (Å²) in [7, 11) is 0. The van der Waals surface area contributed by atoms with Crippen molar-refractivity contribution in [2.45, 2.75) is 32.2 Å². The Labute approximate surface area is 98.2 Å². The summed E-state index contributed by atoms with van der Waals surface area (Å²) in [6.45, 7) is 1.78. The number of benzene rings is 1. The number of rotatable bonds is 5. The van der Waals surface area contributed by atoms with Crippen molar-refractivity contribution in [3.63, 3.8) is 0 Å². The molecule has 0 aliphatic rings. The third-order valence-electron chi connectivity index (χ3n) is 2.55. The van der Waals surface area contributed by atoms with E-state index in [1.165, 1.54) is 6.07 Å². The first-order valence-corrected chi connectivity index (χ1v) is 5.27. The first kappa shape index (κ1) is 13.6. The Hall–Kier alpha value is -1.49. The highest BCUT2D eigenvalue weighted by atomic mass is 19.3. The predicted molar refractivity (Wildman–Crippen MR) is 59.9 cm³/mol. The maximum absolute atomic E-state index is 12.7. The topological polar surface area (TPSA) is 63.3 Å². The highest BCUT2D eigenvalue weighted by Crippen LogP contribution is 2.29. The number of aliphatic carboxylic acids is 1. The molecule has 0 amide bonds. The van der Waals surface area contributed by atoms with Crippen LogP contribution in [0.2, 0.25) is 0 Å². The molecule has 0 bridgehead atoms. The van der Waals surface area contributed by atoms with Crippen LogP contribution in [0.25, 0.3) is 0 Å². The summed E-state index contributed by atoms with van der Waals surface area (Å²) >= 11 is 0. The normalized spacial score (nSPS) is 12.8. The zero-order chi connectivity index (χ0) is 13.0. The van der Waals surface area contributed by atoms with Crippen LogP contribution in [0.4, 0.5) is 8.78 Å². The predicted octanol–water partition coefficient (Wildman–Crippen LogP) is 2.80. The summed E-state index contributed by atoms with van der Waals surface area (Å²) in [6.07, 6.45) is -2.57. The Morgan fingerprint density at radius 3 is 2.59 bits per heavy atom. The van der Waals surface area contributed by atoms with Crippen LogP contribution < -0.4 is 5.73 Å². The van der Waals surface area contributed by atoms with Crippen molar-refractivity contribution in [2.75, 3.05) is 0 Å². The number of carboxylic acid groups (broad SMARTS) is 1. The molecule has 0 heterocycles. The van der Waals surface area contributed by atoms with Gasteiger partial charge in [0.2, 0.25) is 0 Å². The van der Waals surface area contributed by atoms with E-state index in [-0.39, 0.29) is 18.4 Å². The van der Waals surface area contributed by atoms with Crippen LogP contribution in [0.5, 0.6) is 0 Å². The number of halogens is 2. The van der Waals surface area contributed by atoms with Crippen molar-refractivity contribution in [3.05, 3.63) is 34.9 Å². The average Bonchev–Trinajstić information content (AvgIpc) is 2.25. The van der Waals surface area contributed by atoms with Crippen LogP contribution in [0, 0.1) is 6.92 Å². The van der Waals surface area contributed by atoms with E-state index in [9.17, 15) is 13.6 Å². The quantitative estimate of drug-likeness (QED) is 0.835. The molecule has 1 rings (SSSR count). The van der Waals surface area contributed by atoms with E-state index in [2.05, 4.69) is 0 Å². The second-order valence-corrected chi connectivity index (χ2v) is 3.97. The van der Waals surface area contributed by atoms with Crippen molar-refractivity contribution in [3.8, 4) is 0 Å². The zero-order valence-corrected chi connectivity index (χ0v) is 9.49. The summed E-state index contributed by atoms with van der Waals surface area (Å²) in [5.41, 5.74) is 6.80. The summed E-state index contributed by atoms with van der Waals surface area (Å²) in [5.74, 6) is -0.980. The highest BCUT2D eigenvalue weighted by Gasteiger charge is 2.18. The fraction of sp³-hybridized carbons (Fsp3) is 0.417. The lowest BCUT2D eigenvalue weighted by atomic mass is 9.96. The Bertz CT molecular complexity index is 407. The van der Waals surface area contributed by atoms with Gasteiger partial charge in [0.25, 0.3) is 6.43 Å². The van der Waals surface area contributed by atoms with E-state index < -0.39 is 18.4 Å². The van der Waals surface area contributed by atoms with Crippen LogP contribution in [0.15, 0.2) is 18.2 Å². The lowest BCUT2D eigenvalue weighted by Crippen LogP contribution is -2.14. The molecule has 0 aliphatic carbocycles. The van der Waals surface area contributed by atoms with Gasteiger partial charge in [0.05, 0.1) is 0 Å². The van der Waals surface area contributed by atoms with E-state index in [1.807, 2.05) is 0 Å². The zero-order valence-electron chi connectivity index (χ0n) is 9.49. The van der Waals surface area contributed by atoms with Crippen molar-refractivity contribution in [1.82, 2.24) is 0 Å². The molecule has 5 heteroatoms.